The molecule has 2 aromatic heterocycles. The van der Waals surface area contributed by atoms with Crippen molar-refractivity contribution in [1.29, 1.82) is 0 Å². The summed E-state index contributed by atoms with van der Waals surface area (Å²) in [4.78, 5) is 10.6. The van der Waals surface area contributed by atoms with Crippen molar-refractivity contribution < 1.29 is 0 Å². The van der Waals surface area contributed by atoms with Crippen molar-refractivity contribution in [3.8, 4) is 22.4 Å². The number of hydrogen-bond donors (Lipinski definition) is 0. The van der Waals surface area contributed by atoms with Crippen molar-refractivity contribution in [2.75, 3.05) is 0 Å². The van der Waals surface area contributed by atoms with Gasteiger partial charge in [0.15, 0.2) is 0 Å². The number of nitrogens with zero attached hydrogens (tertiary/aromatic N) is 2. The van der Waals surface area contributed by atoms with Crippen molar-refractivity contribution in [3.05, 3.63) is 149 Å². The Hall–Kier alpha value is -4.82. The van der Waals surface area contributed by atoms with E-state index in [4.69, 9.17) is 9.97 Å². The lowest BCUT2D eigenvalue weighted by Crippen LogP contribution is -2.36. The molecule has 3 aliphatic carbocycles. The molecule has 0 fully saturated rings. The third kappa shape index (κ3) is 3.51. The van der Waals surface area contributed by atoms with E-state index in [2.05, 4.69) is 156 Å². The predicted octanol–water partition coefficient (Wildman–Crippen LogP) is 10.8. The zero-order chi connectivity index (χ0) is 30.7. The molecule has 0 spiro atoms. The van der Waals surface area contributed by atoms with E-state index in [1.54, 1.807) is 0 Å². The van der Waals surface area contributed by atoms with Crippen molar-refractivity contribution in [1.82, 2.24) is 9.97 Å². The van der Waals surface area contributed by atoms with E-state index < -0.39 is 0 Å². The zero-order valence-electron chi connectivity index (χ0n) is 26.5. The number of aromatic nitrogens is 2. The number of hydrogen-bond acceptors (Lipinski definition) is 2. The van der Waals surface area contributed by atoms with E-state index in [-0.39, 0.29) is 16.2 Å². The largest absolute Gasteiger partial charge is 0.246 e. The second-order valence-corrected chi connectivity index (χ2v) is 14.5. The normalized spacial score (nSPS) is 21.7. The molecule has 2 unspecified atom stereocenters. The predicted molar refractivity (Wildman–Crippen MR) is 187 cm³/mol. The van der Waals surface area contributed by atoms with Gasteiger partial charge in [-0.1, -0.05) is 138 Å². The fourth-order valence-corrected chi connectivity index (χ4v) is 8.60. The first-order valence-corrected chi connectivity index (χ1v) is 16.1. The molecule has 0 saturated carbocycles. The highest BCUT2D eigenvalue weighted by molar-refractivity contribution is 6.04. The fourth-order valence-electron chi connectivity index (χ4n) is 8.60. The molecule has 3 aliphatic rings. The monoisotopic (exact) mass is 580 g/mol. The Morgan fingerprint density at radius 3 is 1.98 bits per heavy atom. The quantitative estimate of drug-likeness (QED) is 0.190. The molecule has 0 bridgehead atoms. The lowest BCUT2D eigenvalue weighted by Gasteiger charge is -2.42. The maximum atomic E-state index is 5.33. The van der Waals surface area contributed by atoms with Gasteiger partial charge >= 0.3 is 0 Å². The van der Waals surface area contributed by atoms with Crippen LogP contribution in [0.15, 0.2) is 121 Å². The molecule has 9 rings (SSSR count). The van der Waals surface area contributed by atoms with E-state index in [1.807, 2.05) is 0 Å². The van der Waals surface area contributed by atoms with E-state index in [0.29, 0.717) is 5.92 Å². The van der Waals surface area contributed by atoms with E-state index in [0.717, 1.165) is 38.8 Å². The summed E-state index contributed by atoms with van der Waals surface area (Å²) < 4.78 is 0. The Labute approximate surface area is 265 Å². The number of fused-ring (bicyclic) bond motifs is 9. The minimum Gasteiger partial charge on any atom is -0.246 e. The van der Waals surface area contributed by atoms with Crippen LogP contribution in [0.3, 0.4) is 0 Å². The van der Waals surface area contributed by atoms with Crippen LogP contribution in [0.2, 0.25) is 0 Å². The molecule has 2 heteroatoms. The number of pyridine rings is 2. The maximum Gasteiger partial charge on any atom is 0.0972 e. The van der Waals surface area contributed by atoms with E-state index in [9.17, 15) is 0 Å². The van der Waals surface area contributed by atoms with Crippen molar-refractivity contribution in [3.63, 3.8) is 0 Å². The molecule has 0 aliphatic heterocycles. The molecule has 2 nitrogen and oxygen atoms in total. The standard InChI is InChI=1S/C43H36N2/c1-41(2)33-12-8-6-10-30(33)31-20-16-28(24-36(31)41)37-22-18-26-14-15-27-19-23-38(45-40(27)39(26)44-37)29-17-21-35-32-11-7-9-13-34(32)42(3,4)43(35,5)25-29/h6-25,35H,1-5H3. The highest BCUT2D eigenvalue weighted by Crippen LogP contribution is 2.62. The van der Waals surface area contributed by atoms with E-state index in [1.165, 1.54) is 39.0 Å². The van der Waals surface area contributed by atoms with Crippen LogP contribution in [0.4, 0.5) is 0 Å². The number of rotatable bonds is 2. The third-order valence-electron chi connectivity index (χ3n) is 11.6. The Morgan fingerprint density at radius 2 is 1.20 bits per heavy atom. The van der Waals surface area contributed by atoms with Gasteiger partial charge in [0, 0.05) is 33.1 Å². The maximum absolute atomic E-state index is 5.33. The van der Waals surface area contributed by atoms with Gasteiger partial charge in [0.2, 0.25) is 0 Å². The second-order valence-electron chi connectivity index (χ2n) is 14.5. The van der Waals surface area contributed by atoms with Gasteiger partial charge in [-0.25, -0.2) is 9.97 Å². The molecule has 218 valence electrons. The molecule has 45 heavy (non-hydrogen) atoms. The molecule has 0 radical (unpaired) electrons. The van der Waals surface area contributed by atoms with Gasteiger partial charge in [-0.2, -0.15) is 0 Å². The first-order valence-electron chi connectivity index (χ1n) is 16.1. The van der Waals surface area contributed by atoms with Crippen LogP contribution in [0.1, 0.15) is 68.5 Å². The summed E-state index contributed by atoms with van der Waals surface area (Å²) >= 11 is 0. The average Bonchev–Trinajstić information content (AvgIpc) is 3.40. The van der Waals surface area contributed by atoms with Gasteiger partial charge in [-0.15, -0.1) is 0 Å². The zero-order valence-corrected chi connectivity index (χ0v) is 26.5. The third-order valence-corrected chi connectivity index (χ3v) is 11.6. The molecule has 0 saturated heterocycles. The first-order chi connectivity index (χ1) is 21.7. The molecular weight excluding hydrogens is 544 g/mol. The molecule has 4 aromatic carbocycles. The highest BCUT2D eigenvalue weighted by Gasteiger charge is 2.53. The Morgan fingerprint density at radius 1 is 0.578 bits per heavy atom. The summed E-state index contributed by atoms with van der Waals surface area (Å²) in [5.74, 6) is 0.364. The first kappa shape index (κ1) is 26.6. The average molecular weight is 581 g/mol. The number of allylic oxidation sites excluding steroid dienone is 4. The molecule has 0 amide bonds. The van der Waals surface area contributed by atoms with E-state index >= 15 is 0 Å². The Bertz CT molecular complexity index is 2300. The van der Waals surface area contributed by atoms with Crippen LogP contribution in [0, 0.1) is 5.41 Å². The second kappa shape index (κ2) is 8.88. The van der Waals surface area contributed by atoms with Crippen LogP contribution in [-0.2, 0) is 10.8 Å². The van der Waals surface area contributed by atoms with Gasteiger partial charge in [-0.3, -0.25) is 0 Å². The Balaban J connectivity index is 1.16. The summed E-state index contributed by atoms with van der Waals surface area (Å²) in [7, 11) is 0. The van der Waals surface area contributed by atoms with Gasteiger partial charge in [0.05, 0.1) is 22.4 Å². The van der Waals surface area contributed by atoms with Crippen LogP contribution in [0.5, 0.6) is 0 Å². The van der Waals surface area contributed by atoms with Crippen LogP contribution in [0.25, 0.3) is 49.8 Å². The summed E-state index contributed by atoms with van der Waals surface area (Å²) in [6.45, 7) is 11.9. The van der Waals surface area contributed by atoms with Crippen molar-refractivity contribution >= 4 is 27.4 Å². The van der Waals surface area contributed by atoms with Crippen LogP contribution < -0.4 is 0 Å². The Kier molecular flexibility index (Phi) is 5.25. The van der Waals surface area contributed by atoms with Crippen LogP contribution in [-0.4, -0.2) is 9.97 Å². The summed E-state index contributed by atoms with van der Waals surface area (Å²) in [6, 6.07) is 37.7. The van der Waals surface area contributed by atoms with Crippen molar-refractivity contribution in [2.45, 2.75) is 51.4 Å². The van der Waals surface area contributed by atoms with Gasteiger partial charge < -0.3 is 0 Å². The summed E-state index contributed by atoms with van der Waals surface area (Å²) in [5.41, 5.74) is 14.5. The molecule has 0 N–H and O–H groups in total. The minimum atomic E-state index is -0.0475. The van der Waals surface area contributed by atoms with Crippen LogP contribution >= 0.6 is 0 Å². The smallest absolute Gasteiger partial charge is 0.0972 e. The van der Waals surface area contributed by atoms with Crippen molar-refractivity contribution in [2.24, 2.45) is 5.41 Å². The lowest BCUT2D eigenvalue weighted by molar-refractivity contribution is 0.246. The number of benzene rings is 4. The lowest BCUT2D eigenvalue weighted by atomic mass is 9.61. The minimum absolute atomic E-state index is 0.00999. The van der Waals surface area contributed by atoms with Gasteiger partial charge in [0.1, 0.15) is 0 Å². The molecule has 2 heterocycles. The highest BCUT2D eigenvalue weighted by atomic mass is 14.8. The fraction of sp³-hybridized carbons (Fsp3) is 0.209. The summed E-state index contributed by atoms with van der Waals surface area (Å²) in [5, 5.41) is 2.22. The molecule has 6 aromatic rings. The topological polar surface area (TPSA) is 25.8 Å². The molecular formula is C43H36N2. The SMILES string of the molecule is CC1(C)c2ccccc2-c2ccc(-c3ccc4ccc5ccc(C6=CC7(C)C(C=C6)c6ccccc6C7(C)C)nc5c4n3)cc21. The van der Waals surface area contributed by atoms with Gasteiger partial charge in [0.25, 0.3) is 0 Å². The molecule has 2 atom stereocenters. The van der Waals surface area contributed by atoms with Gasteiger partial charge in [-0.05, 0) is 62.6 Å². The summed E-state index contributed by atoms with van der Waals surface area (Å²) in [6.07, 6.45) is 7.18.